The molecule has 0 radical (unpaired) electrons. The van der Waals surface area contributed by atoms with Crippen molar-refractivity contribution in [1.29, 1.82) is 0 Å². The number of piperazine rings is 1. The normalized spacial score (nSPS) is 28.6. The van der Waals surface area contributed by atoms with Crippen LogP contribution in [0.3, 0.4) is 0 Å². The van der Waals surface area contributed by atoms with Crippen molar-refractivity contribution in [2.24, 2.45) is 5.92 Å². The minimum atomic E-state index is -1.50. The first-order valence-electron chi connectivity index (χ1n) is 12.5. The molecule has 0 spiro atoms. The summed E-state index contributed by atoms with van der Waals surface area (Å²) >= 11 is 0. The molecule has 0 amide bonds. The van der Waals surface area contributed by atoms with E-state index in [4.69, 9.17) is 4.74 Å². The lowest BCUT2D eigenvalue weighted by molar-refractivity contribution is -0.128. The third-order valence-electron chi connectivity index (χ3n) is 6.96. The van der Waals surface area contributed by atoms with Crippen LogP contribution >= 0.6 is 0 Å². The molecular weight excluding hydrogens is 450 g/mol. The number of nitrogens with one attached hydrogen (secondary N) is 1. The summed E-state index contributed by atoms with van der Waals surface area (Å²) in [7, 11) is 2.12. The van der Waals surface area contributed by atoms with Gasteiger partial charge >= 0.3 is 5.97 Å². The Hall–Kier alpha value is -2.46. The quantitative estimate of drug-likeness (QED) is 0.465. The Morgan fingerprint density at radius 1 is 1.11 bits per heavy atom. The lowest BCUT2D eigenvalue weighted by atomic mass is 9.95. The van der Waals surface area contributed by atoms with Crippen molar-refractivity contribution in [3.05, 3.63) is 35.4 Å². The lowest BCUT2D eigenvalue weighted by Gasteiger charge is -2.32. The van der Waals surface area contributed by atoms with Gasteiger partial charge in [0.25, 0.3) is 0 Å². The molecule has 1 aromatic carbocycles. The fraction of sp³-hybridized carbons (Fsp3) is 0.615. The monoisotopic (exact) mass is 489 g/mol. The largest absolute Gasteiger partial charge is 0.507 e. The molecule has 2 aliphatic heterocycles. The molecule has 194 valence electrons. The second-order valence-corrected chi connectivity index (χ2v) is 9.74. The zero-order valence-corrected chi connectivity index (χ0v) is 20.9. The number of carbonyl (C=O) groups excluding carboxylic acids is 2. The number of aliphatic hydroxyl groups excluding tert-OH is 2. The van der Waals surface area contributed by atoms with Crippen LogP contribution in [0, 0.1) is 5.92 Å². The molecule has 0 aromatic heterocycles. The summed E-state index contributed by atoms with van der Waals surface area (Å²) in [6.45, 7) is 9.17. The molecule has 2 aliphatic rings. The number of phenolic OH excluding ortho intramolecular Hbond substituents is 1. The summed E-state index contributed by atoms with van der Waals surface area (Å²) < 4.78 is 5.60. The molecule has 1 saturated heterocycles. The molecule has 4 atom stereocenters. The van der Waals surface area contributed by atoms with Crippen molar-refractivity contribution in [3.8, 4) is 5.75 Å². The van der Waals surface area contributed by atoms with Crippen LogP contribution in [-0.4, -0.2) is 102 Å². The number of benzene rings is 1. The zero-order chi connectivity index (χ0) is 25.5. The van der Waals surface area contributed by atoms with E-state index in [0.29, 0.717) is 30.6 Å². The Balaban J connectivity index is 1.77. The summed E-state index contributed by atoms with van der Waals surface area (Å²) in [5.74, 6) is -1.67. The fourth-order valence-electron chi connectivity index (χ4n) is 4.34. The van der Waals surface area contributed by atoms with Crippen LogP contribution in [0.2, 0.25) is 0 Å². The van der Waals surface area contributed by atoms with Gasteiger partial charge in [-0.25, -0.2) is 4.79 Å². The molecule has 2 heterocycles. The van der Waals surface area contributed by atoms with Crippen LogP contribution in [0.5, 0.6) is 5.75 Å². The van der Waals surface area contributed by atoms with E-state index in [0.717, 1.165) is 32.7 Å². The van der Waals surface area contributed by atoms with Crippen molar-refractivity contribution in [2.75, 3.05) is 51.6 Å². The maximum absolute atomic E-state index is 13.0. The van der Waals surface area contributed by atoms with Crippen molar-refractivity contribution < 1.29 is 29.6 Å². The van der Waals surface area contributed by atoms with E-state index in [1.54, 1.807) is 26.0 Å². The van der Waals surface area contributed by atoms with E-state index in [2.05, 4.69) is 22.2 Å². The van der Waals surface area contributed by atoms with Crippen molar-refractivity contribution in [2.45, 2.75) is 51.4 Å². The molecule has 4 N–H and O–H groups in total. The third kappa shape index (κ3) is 7.51. The van der Waals surface area contributed by atoms with Crippen LogP contribution in [0.25, 0.3) is 0 Å². The molecule has 0 bridgehead atoms. The Labute approximate surface area is 207 Å². The highest BCUT2D eigenvalue weighted by molar-refractivity contribution is 5.95. The number of aryl methyl sites for hydroxylation is 1. The molecular formula is C26H39N3O6. The Kier molecular flexibility index (Phi) is 9.68. The van der Waals surface area contributed by atoms with Crippen molar-refractivity contribution in [3.63, 3.8) is 0 Å². The van der Waals surface area contributed by atoms with Gasteiger partial charge in [-0.1, -0.05) is 13.0 Å². The first kappa shape index (κ1) is 27.1. The van der Waals surface area contributed by atoms with Crippen LogP contribution in [0.15, 0.2) is 24.3 Å². The number of ether oxygens (including phenoxy) is 1. The third-order valence-corrected chi connectivity index (χ3v) is 6.96. The van der Waals surface area contributed by atoms with Gasteiger partial charge in [-0.15, -0.1) is 0 Å². The number of nitrogens with zero attached hydrogens (tertiary/aromatic N) is 2. The molecule has 1 aromatic rings. The summed E-state index contributed by atoms with van der Waals surface area (Å²) in [4.78, 5) is 29.9. The van der Waals surface area contributed by atoms with Crippen LogP contribution in [-0.2, 0) is 16.0 Å². The van der Waals surface area contributed by atoms with E-state index in [1.807, 2.05) is 6.07 Å². The summed E-state index contributed by atoms with van der Waals surface area (Å²) in [6, 6.07) is 3.37. The molecule has 9 nitrogen and oxygen atoms in total. The predicted octanol–water partition coefficient (Wildman–Crippen LogP) is 1.42. The second-order valence-electron chi connectivity index (χ2n) is 9.74. The maximum Gasteiger partial charge on any atom is 0.342 e. The topological polar surface area (TPSA) is 123 Å². The number of cyclic esters (lactones) is 1. The van der Waals surface area contributed by atoms with Gasteiger partial charge in [-0.2, -0.15) is 0 Å². The highest BCUT2D eigenvalue weighted by Crippen LogP contribution is 2.30. The molecule has 0 aliphatic carbocycles. The molecule has 1 fully saturated rings. The first-order chi connectivity index (χ1) is 16.7. The van der Waals surface area contributed by atoms with Crippen LogP contribution < -0.4 is 5.32 Å². The highest BCUT2D eigenvalue weighted by Gasteiger charge is 2.26. The Bertz CT molecular complexity index is 913. The number of aliphatic hydroxyl groups is 2. The molecule has 1 unspecified atom stereocenters. The first-order valence-corrected chi connectivity index (χ1v) is 12.5. The summed E-state index contributed by atoms with van der Waals surface area (Å²) in [6.07, 6.45) is 0.436. The van der Waals surface area contributed by atoms with Gasteiger partial charge in [-0.3, -0.25) is 9.69 Å². The number of rotatable bonds is 4. The number of aromatic hydroxyl groups is 1. The van der Waals surface area contributed by atoms with E-state index in [1.165, 1.54) is 6.08 Å². The minimum Gasteiger partial charge on any atom is -0.507 e. The Morgan fingerprint density at radius 2 is 1.83 bits per heavy atom. The van der Waals surface area contributed by atoms with Crippen molar-refractivity contribution >= 4 is 17.4 Å². The average molecular weight is 490 g/mol. The van der Waals surface area contributed by atoms with Crippen LogP contribution in [0.4, 0.5) is 5.69 Å². The van der Waals surface area contributed by atoms with Crippen molar-refractivity contribution in [1.82, 2.24) is 9.80 Å². The number of hydrogen-bond acceptors (Lipinski definition) is 9. The molecule has 35 heavy (non-hydrogen) atoms. The molecule has 9 heteroatoms. The number of ketones is 1. The number of hydrogen-bond donors (Lipinski definition) is 4. The van der Waals surface area contributed by atoms with E-state index in [-0.39, 0.29) is 23.7 Å². The van der Waals surface area contributed by atoms with E-state index >= 15 is 0 Å². The number of esters is 1. The Morgan fingerprint density at radius 3 is 2.54 bits per heavy atom. The standard InChI is InChI=1S/C26H39N3O6/c1-17-7-8-22(31)25(33)21(30)6-4-5-19-15-20(16-23(32)24(19)26(34)35-18(17)2)27-9-10-29-13-11-28(3)12-14-29/h7-8,15-18,21,25,27,30,32-33H,4-6,9-14H2,1-3H3/b8-7-/t17-,18+,21+,25?/m1/s1. The summed E-state index contributed by atoms with van der Waals surface area (Å²) in [5, 5.41) is 34.5. The maximum atomic E-state index is 13.0. The smallest absolute Gasteiger partial charge is 0.342 e. The van der Waals surface area contributed by atoms with Gasteiger partial charge in [0.05, 0.1) is 6.10 Å². The molecule has 0 saturated carbocycles. The fourth-order valence-corrected chi connectivity index (χ4v) is 4.34. The van der Waals surface area contributed by atoms with Gasteiger partial charge in [-0.05, 0) is 50.9 Å². The zero-order valence-electron chi connectivity index (χ0n) is 20.9. The summed E-state index contributed by atoms with van der Waals surface area (Å²) in [5.41, 5.74) is 1.41. The number of anilines is 1. The van der Waals surface area contributed by atoms with E-state index in [9.17, 15) is 24.9 Å². The van der Waals surface area contributed by atoms with Crippen LogP contribution in [0.1, 0.15) is 42.6 Å². The highest BCUT2D eigenvalue weighted by atomic mass is 16.5. The van der Waals surface area contributed by atoms with Gasteiger partial charge in [0.15, 0.2) is 5.78 Å². The number of fused-ring (bicyclic) bond motifs is 1. The minimum absolute atomic E-state index is 0.112. The number of likely N-dealkylation sites (N-methyl/N-ethyl adjacent to an activating group) is 1. The lowest BCUT2D eigenvalue weighted by Crippen LogP contribution is -2.45. The van der Waals surface area contributed by atoms with Gasteiger partial charge in [0, 0.05) is 56.9 Å². The van der Waals surface area contributed by atoms with Gasteiger partial charge in [0.1, 0.15) is 23.5 Å². The number of carbonyl (C=O) groups is 2. The molecule has 3 rings (SSSR count). The SMILES string of the molecule is C[C@@H]1/C=C\C(=O)C(O)[C@@H](O)CCCc2cc(NCCN3CCN(C)CC3)cc(O)c2C(=O)O[C@H]1C. The predicted molar refractivity (Wildman–Crippen MR) is 134 cm³/mol. The second kappa shape index (κ2) is 12.5. The van der Waals surface area contributed by atoms with Gasteiger partial charge < -0.3 is 30.3 Å². The number of phenols is 1. The van der Waals surface area contributed by atoms with E-state index < -0.39 is 30.1 Å². The average Bonchev–Trinajstić information content (AvgIpc) is 2.82. The van der Waals surface area contributed by atoms with Gasteiger partial charge in [0.2, 0.25) is 0 Å².